The lowest BCUT2D eigenvalue weighted by molar-refractivity contribution is -0.137. The fourth-order valence-corrected chi connectivity index (χ4v) is 3.71. The number of aromatic nitrogens is 4. The van der Waals surface area contributed by atoms with E-state index in [1.807, 2.05) is 5.38 Å². The fourth-order valence-electron chi connectivity index (χ4n) is 3.17. The highest BCUT2D eigenvalue weighted by molar-refractivity contribution is 7.13. The number of thiazole rings is 1. The molecule has 2 aromatic carbocycles. The Bertz CT molecular complexity index is 1500. The van der Waals surface area contributed by atoms with Gasteiger partial charge in [0.1, 0.15) is 5.75 Å². The highest BCUT2D eigenvalue weighted by Crippen LogP contribution is 2.30. The van der Waals surface area contributed by atoms with Crippen LogP contribution >= 0.6 is 11.3 Å². The predicted molar refractivity (Wildman–Crippen MR) is 124 cm³/mol. The smallest absolute Gasteiger partial charge is 0.416 e. The Hall–Kier alpha value is -4.45. The molecule has 2 N–H and O–H groups in total. The van der Waals surface area contributed by atoms with Crippen molar-refractivity contribution in [3.63, 3.8) is 0 Å². The summed E-state index contributed by atoms with van der Waals surface area (Å²) in [6.07, 6.45) is -1.16. The second kappa shape index (κ2) is 9.06. The lowest BCUT2D eigenvalue weighted by Crippen LogP contribution is -2.13. The van der Waals surface area contributed by atoms with Gasteiger partial charge in [0.25, 0.3) is 5.91 Å². The van der Waals surface area contributed by atoms with Crippen molar-refractivity contribution in [3.8, 4) is 11.6 Å². The minimum absolute atomic E-state index is 0.111. The molecule has 0 saturated carbocycles. The van der Waals surface area contributed by atoms with E-state index in [-0.39, 0.29) is 11.4 Å². The van der Waals surface area contributed by atoms with Crippen LogP contribution in [-0.2, 0) is 6.18 Å². The molecule has 0 atom stereocenters. The van der Waals surface area contributed by atoms with E-state index in [2.05, 4.69) is 25.7 Å². The average Bonchev–Trinajstić information content (AvgIpc) is 3.48. The van der Waals surface area contributed by atoms with Crippen LogP contribution in [0.3, 0.4) is 0 Å². The van der Waals surface area contributed by atoms with Crippen molar-refractivity contribution < 1.29 is 22.7 Å². The molecule has 0 aliphatic carbocycles. The summed E-state index contributed by atoms with van der Waals surface area (Å²) in [5.74, 6) is 0.548. The van der Waals surface area contributed by atoms with Crippen molar-refractivity contribution in [1.29, 1.82) is 0 Å². The molecule has 3 heterocycles. The number of rotatable bonds is 6. The number of carbonyl (C=O) groups excluding carboxylic acids is 1. The second-order valence-corrected chi connectivity index (χ2v) is 8.12. The molecule has 5 aromatic rings. The van der Waals surface area contributed by atoms with Crippen LogP contribution in [0.15, 0.2) is 78.4 Å². The van der Waals surface area contributed by atoms with E-state index >= 15 is 0 Å². The van der Waals surface area contributed by atoms with Gasteiger partial charge >= 0.3 is 6.18 Å². The van der Waals surface area contributed by atoms with Gasteiger partial charge in [0.2, 0.25) is 5.88 Å². The average molecular weight is 496 g/mol. The van der Waals surface area contributed by atoms with Crippen molar-refractivity contribution in [2.45, 2.75) is 6.18 Å². The molecule has 1 amide bonds. The molecule has 0 fully saturated rings. The largest absolute Gasteiger partial charge is 0.438 e. The maximum Gasteiger partial charge on any atom is 0.416 e. The molecule has 176 valence electrons. The highest BCUT2D eigenvalue weighted by Gasteiger charge is 2.30. The number of amides is 1. The lowest BCUT2D eigenvalue weighted by atomic mass is 10.1. The van der Waals surface area contributed by atoms with Gasteiger partial charge in [0.05, 0.1) is 11.8 Å². The molecular formula is C23H15F3N6O2S. The monoisotopic (exact) mass is 496 g/mol. The van der Waals surface area contributed by atoms with Crippen molar-refractivity contribution >= 4 is 39.5 Å². The molecule has 0 aliphatic rings. The molecule has 5 rings (SSSR count). The zero-order valence-electron chi connectivity index (χ0n) is 17.7. The minimum atomic E-state index is -4.54. The summed E-state index contributed by atoms with van der Waals surface area (Å²) < 4.78 is 46.2. The molecule has 0 saturated heterocycles. The first kappa shape index (κ1) is 22.3. The summed E-state index contributed by atoms with van der Waals surface area (Å²) in [5, 5.41) is 12.6. The van der Waals surface area contributed by atoms with Crippen LogP contribution in [-0.4, -0.2) is 25.5 Å². The number of carbonyl (C=O) groups is 1. The summed E-state index contributed by atoms with van der Waals surface area (Å²) in [6.45, 7) is 0. The lowest BCUT2D eigenvalue weighted by Gasteiger charge is -2.10. The number of nitrogens with zero attached hydrogens (tertiary/aromatic N) is 4. The number of imidazole rings is 1. The molecule has 35 heavy (non-hydrogen) atoms. The molecule has 0 aliphatic heterocycles. The number of hydrogen-bond donors (Lipinski definition) is 2. The highest BCUT2D eigenvalue weighted by atomic mass is 32.1. The fraction of sp³-hybridized carbons (Fsp3) is 0.0435. The number of anilines is 3. The molecular weight excluding hydrogens is 481 g/mol. The van der Waals surface area contributed by atoms with Crippen LogP contribution in [0, 0.1) is 0 Å². The third-order valence-electron chi connectivity index (χ3n) is 4.73. The first-order chi connectivity index (χ1) is 16.8. The van der Waals surface area contributed by atoms with Gasteiger partial charge in [-0.05, 0) is 36.4 Å². The molecule has 0 spiro atoms. The second-order valence-electron chi connectivity index (χ2n) is 7.23. The Morgan fingerprint density at radius 2 is 1.91 bits per heavy atom. The Labute approximate surface area is 200 Å². The first-order valence-electron chi connectivity index (χ1n) is 10.1. The Morgan fingerprint density at radius 1 is 1.06 bits per heavy atom. The molecule has 8 nitrogen and oxygen atoms in total. The van der Waals surface area contributed by atoms with Gasteiger partial charge in [0.15, 0.2) is 16.6 Å². The van der Waals surface area contributed by atoms with Crippen molar-refractivity contribution in [2.75, 3.05) is 10.6 Å². The van der Waals surface area contributed by atoms with Gasteiger partial charge < -0.3 is 15.4 Å². The van der Waals surface area contributed by atoms with Gasteiger partial charge in [-0.1, -0.05) is 12.1 Å². The Kier molecular flexibility index (Phi) is 5.79. The predicted octanol–water partition coefficient (Wildman–Crippen LogP) is 5.99. The maximum absolute atomic E-state index is 12.9. The van der Waals surface area contributed by atoms with E-state index in [1.54, 1.807) is 53.3 Å². The van der Waals surface area contributed by atoms with Crippen LogP contribution in [0.4, 0.5) is 29.8 Å². The van der Waals surface area contributed by atoms with E-state index in [0.717, 1.165) is 12.1 Å². The van der Waals surface area contributed by atoms with Crippen LogP contribution < -0.4 is 15.4 Å². The van der Waals surface area contributed by atoms with Gasteiger partial charge in [0, 0.05) is 35.0 Å². The quantitative estimate of drug-likeness (QED) is 0.300. The van der Waals surface area contributed by atoms with Crippen LogP contribution in [0.1, 0.15) is 15.9 Å². The summed E-state index contributed by atoms with van der Waals surface area (Å²) >= 11 is 1.44. The summed E-state index contributed by atoms with van der Waals surface area (Å²) in [6, 6.07) is 14.0. The minimum Gasteiger partial charge on any atom is -0.438 e. The van der Waals surface area contributed by atoms with Crippen molar-refractivity contribution in [2.24, 2.45) is 0 Å². The molecule has 0 unspecified atom stereocenters. The van der Waals surface area contributed by atoms with E-state index in [0.29, 0.717) is 28.0 Å². The zero-order chi connectivity index (χ0) is 24.4. The standard InChI is InChI=1S/C23H15F3N6O2S/c24-23(25,26)15-4-1-3-14(11-15)21(33)28-16-5-2-6-17(12-16)34-20-8-7-19-29-18(13-32(19)31-20)30-22-27-9-10-35-22/h1-13H,(H,27,30)(H,28,33). The number of nitrogens with one attached hydrogen (secondary N) is 2. The molecule has 12 heteroatoms. The van der Waals surface area contributed by atoms with Gasteiger partial charge in [-0.15, -0.1) is 16.4 Å². The normalized spacial score (nSPS) is 11.4. The third-order valence-corrected chi connectivity index (χ3v) is 5.42. The summed E-state index contributed by atoms with van der Waals surface area (Å²) in [4.78, 5) is 21.0. The van der Waals surface area contributed by atoms with Crippen LogP contribution in [0.25, 0.3) is 5.65 Å². The Morgan fingerprint density at radius 3 is 2.71 bits per heavy atom. The van der Waals surface area contributed by atoms with Crippen molar-refractivity contribution in [1.82, 2.24) is 19.6 Å². The molecule has 0 bridgehead atoms. The van der Waals surface area contributed by atoms with E-state index in [1.165, 1.54) is 23.5 Å². The SMILES string of the molecule is O=C(Nc1cccc(Oc2ccc3nc(Nc4nccs4)cn3n2)c1)c1cccc(C(F)(F)F)c1. The molecule has 3 aromatic heterocycles. The van der Waals surface area contributed by atoms with E-state index < -0.39 is 17.6 Å². The molecule has 0 radical (unpaired) electrons. The summed E-state index contributed by atoms with van der Waals surface area (Å²) in [5.41, 5.74) is -0.0594. The van der Waals surface area contributed by atoms with Gasteiger partial charge in [-0.2, -0.15) is 13.2 Å². The van der Waals surface area contributed by atoms with E-state index in [4.69, 9.17) is 4.74 Å². The van der Waals surface area contributed by atoms with E-state index in [9.17, 15) is 18.0 Å². The van der Waals surface area contributed by atoms with Gasteiger partial charge in [-0.3, -0.25) is 4.79 Å². The topological polar surface area (TPSA) is 93.4 Å². The summed E-state index contributed by atoms with van der Waals surface area (Å²) in [7, 11) is 0. The van der Waals surface area contributed by atoms with Crippen LogP contribution in [0.5, 0.6) is 11.6 Å². The number of halogens is 3. The number of alkyl halides is 3. The number of benzene rings is 2. The van der Waals surface area contributed by atoms with Crippen molar-refractivity contribution in [3.05, 3.63) is 89.6 Å². The zero-order valence-corrected chi connectivity index (χ0v) is 18.5. The number of ether oxygens (including phenoxy) is 1. The maximum atomic E-state index is 12.9. The van der Waals surface area contributed by atoms with Crippen LogP contribution in [0.2, 0.25) is 0 Å². The third kappa shape index (κ3) is 5.22. The Balaban J connectivity index is 1.29. The number of hydrogen-bond acceptors (Lipinski definition) is 7. The first-order valence-corrected chi connectivity index (χ1v) is 11.0. The number of fused-ring (bicyclic) bond motifs is 1. The van der Waals surface area contributed by atoms with Gasteiger partial charge in [-0.25, -0.2) is 14.5 Å².